The summed E-state index contributed by atoms with van der Waals surface area (Å²) in [6, 6.07) is 4.29. The highest BCUT2D eigenvalue weighted by Crippen LogP contribution is 2.06. The summed E-state index contributed by atoms with van der Waals surface area (Å²) in [6.07, 6.45) is 0.257. The average molecular weight is 404 g/mol. The molecule has 29 heavy (non-hydrogen) atoms. The second-order valence-corrected chi connectivity index (χ2v) is 7.19. The van der Waals surface area contributed by atoms with Gasteiger partial charge in [0.1, 0.15) is 18.6 Å². The number of carboxylic acids is 1. The van der Waals surface area contributed by atoms with E-state index in [9.17, 15) is 24.0 Å². The molecule has 10 nitrogen and oxygen atoms in total. The molecule has 2 rings (SSSR count). The number of nitrogens with zero attached hydrogens (tertiary/aromatic N) is 1. The molecule has 156 valence electrons. The number of hydrogen-bond donors (Lipinski definition) is 4. The van der Waals surface area contributed by atoms with Crippen LogP contribution in [0.2, 0.25) is 0 Å². The number of aromatic amines is 1. The largest absolute Gasteiger partial charge is 0.480 e. The Morgan fingerprint density at radius 3 is 2.38 bits per heavy atom. The molecular formula is C19H24N4O6. The Morgan fingerprint density at radius 2 is 1.76 bits per heavy atom. The van der Waals surface area contributed by atoms with Gasteiger partial charge < -0.3 is 20.7 Å². The molecule has 0 aliphatic carbocycles. The third-order valence-electron chi connectivity index (χ3n) is 4.28. The number of benzene rings is 1. The molecule has 0 aliphatic heterocycles. The summed E-state index contributed by atoms with van der Waals surface area (Å²) in [5.41, 5.74) is -1.00. The maximum Gasteiger partial charge on any atom is 0.329 e. The highest BCUT2D eigenvalue weighted by Gasteiger charge is 2.25. The number of H-pyrrole nitrogens is 1. The molecule has 0 fully saturated rings. The van der Waals surface area contributed by atoms with E-state index in [2.05, 4.69) is 15.6 Å². The molecule has 0 aliphatic rings. The minimum absolute atomic E-state index is 0.0259. The van der Waals surface area contributed by atoms with Gasteiger partial charge in [0.25, 0.3) is 5.56 Å². The van der Waals surface area contributed by atoms with Crippen molar-refractivity contribution in [2.24, 2.45) is 5.92 Å². The predicted molar refractivity (Wildman–Crippen MR) is 105 cm³/mol. The first kappa shape index (κ1) is 21.9. The van der Waals surface area contributed by atoms with E-state index < -0.39 is 47.7 Å². The van der Waals surface area contributed by atoms with Gasteiger partial charge in [-0.15, -0.1) is 0 Å². The van der Waals surface area contributed by atoms with Gasteiger partial charge in [0.2, 0.25) is 11.8 Å². The van der Waals surface area contributed by atoms with Gasteiger partial charge in [-0.05, 0) is 31.4 Å². The van der Waals surface area contributed by atoms with Crippen molar-refractivity contribution in [2.45, 2.75) is 45.8 Å². The first-order valence-electron chi connectivity index (χ1n) is 9.14. The lowest BCUT2D eigenvalue weighted by atomic mass is 10.0. The van der Waals surface area contributed by atoms with Crippen LogP contribution in [0.25, 0.3) is 10.9 Å². The van der Waals surface area contributed by atoms with E-state index in [1.165, 1.54) is 13.0 Å². The number of carbonyl (C=O) groups is 3. The fraction of sp³-hybridized carbons (Fsp3) is 0.421. The van der Waals surface area contributed by atoms with Crippen molar-refractivity contribution in [2.75, 3.05) is 0 Å². The molecule has 2 unspecified atom stereocenters. The van der Waals surface area contributed by atoms with Crippen molar-refractivity contribution in [3.05, 3.63) is 45.1 Å². The van der Waals surface area contributed by atoms with Crippen LogP contribution in [0, 0.1) is 5.92 Å². The minimum Gasteiger partial charge on any atom is -0.480 e. The highest BCUT2D eigenvalue weighted by molar-refractivity contribution is 5.90. The van der Waals surface area contributed by atoms with Crippen molar-refractivity contribution in [1.29, 1.82) is 0 Å². The number of hydrogen-bond acceptors (Lipinski definition) is 5. The lowest BCUT2D eigenvalue weighted by Gasteiger charge is -2.21. The van der Waals surface area contributed by atoms with Crippen molar-refractivity contribution in [1.82, 2.24) is 20.2 Å². The van der Waals surface area contributed by atoms with Crippen molar-refractivity contribution in [3.8, 4) is 0 Å². The monoisotopic (exact) mass is 404 g/mol. The molecule has 2 aromatic rings. The molecule has 1 heterocycles. The second kappa shape index (κ2) is 9.18. The molecule has 0 bridgehead atoms. The third kappa shape index (κ3) is 5.53. The molecule has 2 amide bonds. The Labute approximate surface area is 165 Å². The third-order valence-corrected chi connectivity index (χ3v) is 4.28. The number of rotatable bonds is 8. The van der Waals surface area contributed by atoms with E-state index in [1.54, 1.807) is 18.2 Å². The number of para-hydroxylation sites is 1. The van der Waals surface area contributed by atoms with Crippen LogP contribution >= 0.6 is 0 Å². The molecule has 10 heteroatoms. The van der Waals surface area contributed by atoms with Crippen molar-refractivity contribution >= 4 is 28.7 Å². The Balaban J connectivity index is 2.21. The van der Waals surface area contributed by atoms with E-state index in [0.717, 1.165) is 4.57 Å². The molecule has 0 saturated carbocycles. The maximum absolute atomic E-state index is 12.5. The van der Waals surface area contributed by atoms with Gasteiger partial charge in [-0.2, -0.15) is 0 Å². The van der Waals surface area contributed by atoms with Gasteiger partial charge >= 0.3 is 11.7 Å². The first-order valence-corrected chi connectivity index (χ1v) is 9.14. The fourth-order valence-corrected chi connectivity index (χ4v) is 2.80. The van der Waals surface area contributed by atoms with Gasteiger partial charge in [-0.1, -0.05) is 26.0 Å². The Morgan fingerprint density at radius 1 is 1.10 bits per heavy atom. The Bertz CT molecular complexity index is 1040. The fourth-order valence-electron chi connectivity index (χ4n) is 2.80. The SMILES string of the molecule is CC(C)CC(NC(=O)Cn1c(=O)[nH]c2ccccc2c1=O)C(=O)NC(C)C(=O)O. The minimum atomic E-state index is -1.21. The molecular weight excluding hydrogens is 380 g/mol. The van der Waals surface area contributed by atoms with Crippen molar-refractivity contribution < 1.29 is 19.5 Å². The first-order chi connectivity index (χ1) is 13.6. The standard InChI is InChI=1S/C19H24N4O6/c1-10(2)8-14(16(25)20-11(3)18(27)28)21-15(24)9-23-17(26)12-6-4-5-7-13(12)22-19(23)29/h4-7,10-11,14H,8-9H2,1-3H3,(H,20,25)(H,21,24)(H,22,29)(H,27,28). The van der Waals surface area contributed by atoms with Crippen molar-refractivity contribution in [3.63, 3.8) is 0 Å². The summed E-state index contributed by atoms with van der Waals surface area (Å²) in [4.78, 5) is 63.0. The summed E-state index contributed by atoms with van der Waals surface area (Å²) in [5, 5.41) is 14.0. The summed E-state index contributed by atoms with van der Waals surface area (Å²) in [5.74, 6) is -2.54. The van der Waals surface area contributed by atoms with Crippen LogP contribution in [-0.2, 0) is 20.9 Å². The van der Waals surface area contributed by atoms with Gasteiger partial charge in [-0.25, -0.2) is 4.79 Å². The van der Waals surface area contributed by atoms with Gasteiger partial charge in [0.15, 0.2) is 0 Å². The molecule has 2 atom stereocenters. The lowest BCUT2D eigenvalue weighted by molar-refractivity contribution is -0.141. The Kier molecular flexibility index (Phi) is 6.92. The maximum atomic E-state index is 12.5. The molecule has 4 N–H and O–H groups in total. The number of amides is 2. The zero-order valence-electron chi connectivity index (χ0n) is 16.4. The summed E-state index contributed by atoms with van der Waals surface area (Å²) < 4.78 is 0.752. The highest BCUT2D eigenvalue weighted by atomic mass is 16.4. The average Bonchev–Trinajstić information content (AvgIpc) is 2.64. The predicted octanol–water partition coefficient (Wildman–Crippen LogP) is -0.190. The van der Waals surface area contributed by atoms with Gasteiger partial charge in [-0.3, -0.25) is 23.7 Å². The zero-order chi connectivity index (χ0) is 21.7. The quantitative estimate of drug-likeness (QED) is 0.479. The van der Waals surface area contributed by atoms with Crippen LogP contribution in [0.1, 0.15) is 27.2 Å². The smallest absolute Gasteiger partial charge is 0.329 e. The molecule has 1 aromatic carbocycles. The van der Waals surface area contributed by atoms with Gasteiger partial charge in [0, 0.05) is 0 Å². The van der Waals surface area contributed by atoms with Crippen LogP contribution < -0.4 is 21.9 Å². The second-order valence-electron chi connectivity index (χ2n) is 7.19. The van der Waals surface area contributed by atoms with Crippen LogP contribution in [-0.4, -0.2) is 44.5 Å². The summed E-state index contributed by atoms with van der Waals surface area (Å²) >= 11 is 0. The van der Waals surface area contributed by atoms with E-state index in [1.807, 2.05) is 13.8 Å². The molecule has 0 saturated heterocycles. The number of nitrogens with one attached hydrogen (secondary N) is 3. The van der Waals surface area contributed by atoms with E-state index in [0.29, 0.717) is 5.52 Å². The number of aliphatic carboxylic acids is 1. The van der Waals surface area contributed by atoms with Crippen LogP contribution in [0.5, 0.6) is 0 Å². The molecule has 0 spiro atoms. The Hall–Kier alpha value is -3.43. The number of carbonyl (C=O) groups excluding carboxylic acids is 2. The summed E-state index contributed by atoms with van der Waals surface area (Å²) in [7, 11) is 0. The zero-order valence-corrected chi connectivity index (χ0v) is 16.4. The van der Waals surface area contributed by atoms with Crippen LogP contribution in [0.3, 0.4) is 0 Å². The molecule has 0 radical (unpaired) electrons. The van der Waals surface area contributed by atoms with E-state index in [-0.39, 0.29) is 17.7 Å². The van der Waals surface area contributed by atoms with Crippen LogP contribution in [0.4, 0.5) is 0 Å². The van der Waals surface area contributed by atoms with E-state index in [4.69, 9.17) is 5.11 Å². The summed E-state index contributed by atoms with van der Waals surface area (Å²) in [6.45, 7) is 4.41. The topological polar surface area (TPSA) is 150 Å². The van der Waals surface area contributed by atoms with Gasteiger partial charge in [0.05, 0.1) is 10.9 Å². The number of fused-ring (bicyclic) bond motifs is 1. The lowest BCUT2D eigenvalue weighted by Crippen LogP contribution is -2.52. The number of aromatic nitrogens is 2. The van der Waals surface area contributed by atoms with Crippen LogP contribution in [0.15, 0.2) is 33.9 Å². The normalized spacial score (nSPS) is 13.1. The van der Waals surface area contributed by atoms with E-state index >= 15 is 0 Å². The molecule has 1 aromatic heterocycles. The number of carboxylic acid groups (broad SMARTS) is 1.